The first-order valence-corrected chi connectivity index (χ1v) is 7.35. The molecule has 0 spiro atoms. The smallest absolute Gasteiger partial charge is 0.288 e. The number of thioether (sulfide) groups is 1. The molecule has 0 fully saturated rings. The van der Waals surface area contributed by atoms with Crippen LogP contribution in [0.4, 0.5) is 5.69 Å². The quantitative estimate of drug-likeness (QED) is 0.594. The monoisotopic (exact) mass is 288 g/mol. The molecule has 0 heterocycles. The molecule has 1 atom stereocenters. The van der Waals surface area contributed by atoms with Gasteiger partial charge in [0.15, 0.2) is 0 Å². The second-order valence-electron chi connectivity index (χ2n) is 4.26. The van der Waals surface area contributed by atoms with Crippen molar-refractivity contribution in [3.63, 3.8) is 0 Å². The zero-order valence-corrected chi connectivity index (χ0v) is 12.3. The second-order valence-corrected chi connectivity index (χ2v) is 5.58. The molecule has 0 N–H and O–H groups in total. The van der Waals surface area contributed by atoms with Gasteiger partial charge in [0.05, 0.1) is 4.92 Å². The van der Waals surface area contributed by atoms with Crippen LogP contribution in [0.1, 0.15) is 12.5 Å². The molecule has 100 valence electrons. The maximum atomic E-state index is 10.8. The molecule has 0 aliphatic heterocycles. The highest BCUT2D eigenvalue weighted by molar-refractivity contribution is 7.98. The van der Waals surface area contributed by atoms with Crippen LogP contribution in [0.3, 0.4) is 0 Å². The third-order valence-electron chi connectivity index (χ3n) is 2.80. The summed E-state index contributed by atoms with van der Waals surface area (Å²) in [5.41, 5.74) is 0.877. The summed E-state index contributed by atoms with van der Waals surface area (Å²) < 4.78 is 0. The molecule has 0 saturated carbocycles. The van der Waals surface area contributed by atoms with E-state index in [1.165, 1.54) is 0 Å². The van der Waals surface area contributed by atoms with E-state index in [1.807, 2.05) is 13.1 Å². The Hall–Kier alpha value is -0.780. The molecule has 0 radical (unpaired) electrons. The molecule has 0 aromatic heterocycles. The van der Waals surface area contributed by atoms with Crippen molar-refractivity contribution < 1.29 is 4.92 Å². The summed E-state index contributed by atoms with van der Waals surface area (Å²) in [6.07, 6.45) is 2.07. The first-order valence-electron chi connectivity index (χ1n) is 5.57. The molecule has 1 unspecified atom stereocenters. The minimum atomic E-state index is -0.447. The number of halogens is 1. The second kappa shape index (κ2) is 6.97. The zero-order valence-electron chi connectivity index (χ0n) is 10.7. The molecular formula is C12H17ClN2O2S. The summed E-state index contributed by atoms with van der Waals surface area (Å²) in [5.74, 6) is 1.03. The average molecular weight is 289 g/mol. The summed E-state index contributed by atoms with van der Waals surface area (Å²) in [4.78, 5) is 12.5. The highest BCUT2D eigenvalue weighted by atomic mass is 35.5. The van der Waals surface area contributed by atoms with Crippen molar-refractivity contribution in [2.75, 3.05) is 19.1 Å². The lowest BCUT2D eigenvalue weighted by Crippen LogP contribution is -2.30. The van der Waals surface area contributed by atoms with Crippen LogP contribution in [0.25, 0.3) is 0 Å². The number of hydrogen-bond donors (Lipinski definition) is 0. The maximum Gasteiger partial charge on any atom is 0.288 e. The fraction of sp³-hybridized carbons (Fsp3) is 0.500. The van der Waals surface area contributed by atoms with Gasteiger partial charge < -0.3 is 0 Å². The SMILES string of the molecule is CSCC(C)N(C)Cc1ccc(Cl)c([N+](=O)[O-])c1. The summed E-state index contributed by atoms with van der Waals surface area (Å²) >= 11 is 7.57. The number of benzene rings is 1. The van der Waals surface area contributed by atoms with Crippen LogP contribution in [0.2, 0.25) is 5.02 Å². The van der Waals surface area contributed by atoms with Crippen molar-refractivity contribution in [3.05, 3.63) is 38.9 Å². The Morgan fingerprint density at radius 1 is 1.56 bits per heavy atom. The van der Waals surface area contributed by atoms with Crippen LogP contribution in [0, 0.1) is 10.1 Å². The van der Waals surface area contributed by atoms with E-state index in [1.54, 1.807) is 23.9 Å². The van der Waals surface area contributed by atoms with E-state index in [9.17, 15) is 10.1 Å². The molecule has 0 aliphatic rings. The minimum Gasteiger partial charge on any atom is -0.299 e. The number of rotatable bonds is 6. The largest absolute Gasteiger partial charge is 0.299 e. The van der Waals surface area contributed by atoms with Crippen LogP contribution in [-0.4, -0.2) is 34.9 Å². The average Bonchev–Trinajstić information content (AvgIpc) is 2.31. The molecule has 0 aliphatic carbocycles. The topological polar surface area (TPSA) is 46.4 Å². The molecule has 1 aromatic carbocycles. The predicted molar refractivity (Wildman–Crippen MR) is 77.4 cm³/mol. The van der Waals surface area contributed by atoms with Gasteiger partial charge in [0.1, 0.15) is 5.02 Å². The Labute approximate surface area is 116 Å². The number of nitro groups is 1. The number of nitrogens with zero attached hydrogens (tertiary/aromatic N) is 2. The van der Waals surface area contributed by atoms with Crippen LogP contribution in [-0.2, 0) is 6.54 Å². The normalized spacial score (nSPS) is 12.7. The Morgan fingerprint density at radius 3 is 2.78 bits per heavy atom. The minimum absolute atomic E-state index is 0.0277. The number of hydrogen-bond acceptors (Lipinski definition) is 4. The van der Waals surface area contributed by atoms with E-state index in [0.29, 0.717) is 12.6 Å². The maximum absolute atomic E-state index is 10.8. The van der Waals surface area contributed by atoms with Gasteiger partial charge >= 0.3 is 0 Å². The van der Waals surface area contributed by atoms with Crippen LogP contribution < -0.4 is 0 Å². The number of nitro benzene ring substituents is 1. The van der Waals surface area contributed by atoms with E-state index in [0.717, 1.165) is 11.3 Å². The summed E-state index contributed by atoms with van der Waals surface area (Å²) in [6, 6.07) is 5.39. The van der Waals surface area contributed by atoms with Crippen molar-refractivity contribution in [2.24, 2.45) is 0 Å². The fourth-order valence-corrected chi connectivity index (χ4v) is 2.53. The van der Waals surface area contributed by atoms with Crippen LogP contribution >= 0.6 is 23.4 Å². The molecule has 6 heteroatoms. The lowest BCUT2D eigenvalue weighted by atomic mass is 10.2. The molecule has 1 rings (SSSR count). The Kier molecular flexibility index (Phi) is 5.91. The van der Waals surface area contributed by atoms with E-state index in [4.69, 9.17) is 11.6 Å². The summed E-state index contributed by atoms with van der Waals surface area (Å²) in [7, 11) is 2.02. The van der Waals surface area contributed by atoms with E-state index >= 15 is 0 Å². The lowest BCUT2D eigenvalue weighted by Gasteiger charge is -2.23. The van der Waals surface area contributed by atoms with Crippen molar-refractivity contribution >= 4 is 29.1 Å². The molecule has 0 amide bonds. The van der Waals surface area contributed by atoms with Gasteiger partial charge in [-0.1, -0.05) is 17.7 Å². The van der Waals surface area contributed by atoms with Crippen molar-refractivity contribution in [2.45, 2.75) is 19.5 Å². The highest BCUT2D eigenvalue weighted by Crippen LogP contribution is 2.25. The first-order chi connectivity index (χ1) is 8.45. The van der Waals surface area contributed by atoms with Gasteiger partial charge in [-0.25, -0.2) is 0 Å². The highest BCUT2D eigenvalue weighted by Gasteiger charge is 2.15. The fourth-order valence-electron chi connectivity index (χ4n) is 1.61. The van der Waals surface area contributed by atoms with Gasteiger partial charge in [-0.05, 0) is 31.9 Å². The Bertz CT molecular complexity index is 429. The lowest BCUT2D eigenvalue weighted by molar-refractivity contribution is -0.384. The van der Waals surface area contributed by atoms with Gasteiger partial charge in [-0.15, -0.1) is 0 Å². The van der Waals surface area contributed by atoms with Gasteiger partial charge in [0, 0.05) is 24.4 Å². The third kappa shape index (κ3) is 4.15. The zero-order chi connectivity index (χ0) is 13.7. The Balaban J connectivity index is 2.79. The van der Waals surface area contributed by atoms with Gasteiger partial charge in [-0.3, -0.25) is 15.0 Å². The van der Waals surface area contributed by atoms with Crippen molar-refractivity contribution in [3.8, 4) is 0 Å². The summed E-state index contributed by atoms with van der Waals surface area (Å²) in [5, 5.41) is 11.0. The van der Waals surface area contributed by atoms with Crippen LogP contribution in [0.15, 0.2) is 18.2 Å². The summed E-state index contributed by atoms with van der Waals surface area (Å²) in [6.45, 7) is 2.82. The standard InChI is InChI=1S/C12H17ClN2O2S/c1-9(8-18-3)14(2)7-10-4-5-11(13)12(6-10)15(16)17/h4-6,9H,7-8H2,1-3H3. The van der Waals surface area contributed by atoms with E-state index in [2.05, 4.69) is 18.1 Å². The van der Waals surface area contributed by atoms with Crippen molar-refractivity contribution in [1.29, 1.82) is 0 Å². The van der Waals surface area contributed by atoms with E-state index < -0.39 is 4.92 Å². The van der Waals surface area contributed by atoms with Gasteiger partial charge in [0.2, 0.25) is 0 Å². The molecule has 4 nitrogen and oxygen atoms in total. The van der Waals surface area contributed by atoms with Crippen molar-refractivity contribution in [1.82, 2.24) is 4.90 Å². The predicted octanol–water partition coefficient (Wildman–Crippen LogP) is 3.43. The molecule has 0 bridgehead atoms. The van der Waals surface area contributed by atoms with Gasteiger partial charge in [0.25, 0.3) is 5.69 Å². The molecule has 0 saturated heterocycles. The first kappa shape index (κ1) is 15.3. The van der Waals surface area contributed by atoms with Gasteiger partial charge in [-0.2, -0.15) is 11.8 Å². The van der Waals surface area contributed by atoms with Crippen LogP contribution in [0.5, 0.6) is 0 Å². The third-order valence-corrected chi connectivity index (χ3v) is 3.93. The Morgan fingerprint density at radius 2 is 2.22 bits per heavy atom. The molecule has 18 heavy (non-hydrogen) atoms. The molecular weight excluding hydrogens is 272 g/mol. The molecule has 1 aromatic rings. The van der Waals surface area contributed by atoms with E-state index in [-0.39, 0.29) is 10.7 Å².